The lowest BCUT2D eigenvalue weighted by Gasteiger charge is -2.21. The maximum Gasteiger partial charge on any atom is 0.186 e. The molecule has 0 spiro atoms. The Kier molecular flexibility index (Phi) is 12.7. The molecule has 0 bridgehead atoms. The fourth-order valence-electron chi connectivity index (χ4n) is 2.45. The summed E-state index contributed by atoms with van der Waals surface area (Å²) in [6.07, 6.45) is 14.0. The van der Waals surface area contributed by atoms with Crippen molar-refractivity contribution in [2.75, 3.05) is 0 Å². The van der Waals surface area contributed by atoms with Crippen LogP contribution >= 0.6 is 6.49 Å². The Morgan fingerprint density at radius 1 is 0.737 bits per heavy atom. The summed E-state index contributed by atoms with van der Waals surface area (Å²) in [5.41, 5.74) is -0.0225. The molecule has 0 amide bonds. The molecule has 0 aromatic rings. The average Bonchev–Trinajstić information content (AvgIpc) is 2.34. The highest BCUT2D eigenvalue weighted by Crippen LogP contribution is 2.46. The van der Waals surface area contributed by atoms with Gasteiger partial charge in [-0.1, -0.05) is 78.1 Å². The highest BCUT2D eigenvalue weighted by atomic mass is 32.5. The van der Waals surface area contributed by atoms with Crippen LogP contribution in [-0.2, 0) is 11.8 Å². The van der Waals surface area contributed by atoms with Crippen molar-refractivity contribution >= 4 is 18.3 Å². The van der Waals surface area contributed by atoms with E-state index in [0.29, 0.717) is 0 Å². The first kappa shape index (κ1) is 19.6. The number of rotatable bonds is 13. The summed E-state index contributed by atoms with van der Waals surface area (Å²) in [6, 6.07) is 0. The second kappa shape index (κ2) is 12.3. The van der Waals surface area contributed by atoms with E-state index in [0.717, 1.165) is 25.7 Å². The van der Waals surface area contributed by atoms with Gasteiger partial charge in [-0.15, -0.1) is 0 Å². The summed E-state index contributed by atoms with van der Waals surface area (Å²) in [5.74, 6) is 0. The molecule has 0 saturated carbocycles. The summed E-state index contributed by atoms with van der Waals surface area (Å²) >= 11 is 4.93. The van der Waals surface area contributed by atoms with Crippen molar-refractivity contribution in [3.63, 3.8) is 0 Å². The van der Waals surface area contributed by atoms with Gasteiger partial charge in [-0.2, -0.15) is 0 Å². The van der Waals surface area contributed by atoms with E-state index in [9.17, 15) is 9.79 Å². The molecule has 0 saturated heterocycles. The molecule has 0 aliphatic rings. The molecule has 0 atom stereocenters. The Hall–Kier alpha value is 0.570. The van der Waals surface area contributed by atoms with Gasteiger partial charge in [0, 0.05) is 5.66 Å². The average molecular weight is 308 g/mol. The van der Waals surface area contributed by atoms with E-state index in [-0.39, 0.29) is 5.66 Å². The van der Waals surface area contributed by atoms with Gasteiger partial charge < -0.3 is 9.79 Å². The zero-order valence-corrected chi connectivity index (χ0v) is 14.5. The van der Waals surface area contributed by atoms with Crippen molar-refractivity contribution in [2.24, 2.45) is 0 Å². The summed E-state index contributed by atoms with van der Waals surface area (Å²) in [5, 5.41) is 0. The summed E-state index contributed by atoms with van der Waals surface area (Å²) in [7, 11) is 0. The van der Waals surface area contributed by atoms with Crippen LogP contribution in [-0.4, -0.2) is 15.4 Å². The fourth-order valence-corrected chi connectivity index (χ4v) is 4.12. The maximum atomic E-state index is 9.76. The van der Waals surface area contributed by atoms with E-state index < -0.39 is 6.49 Å². The first-order valence-corrected chi connectivity index (χ1v) is 10.8. The van der Waals surface area contributed by atoms with Crippen molar-refractivity contribution in [1.82, 2.24) is 0 Å². The van der Waals surface area contributed by atoms with Crippen molar-refractivity contribution in [3.05, 3.63) is 0 Å². The van der Waals surface area contributed by atoms with Crippen LogP contribution in [0.3, 0.4) is 0 Å². The highest BCUT2D eigenvalue weighted by Gasteiger charge is 2.22. The van der Waals surface area contributed by atoms with Crippen molar-refractivity contribution in [3.8, 4) is 0 Å². The minimum absolute atomic E-state index is 0.0225. The molecule has 0 aromatic carbocycles. The van der Waals surface area contributed by atoms with Crippen LogP contribution in [0.25, 0.3) is 0 Å². The quantitative estimate of drug-likeness (QED) is 0.355. The van der Waals surface area contributed by atoms with Crippen molar-refractivity contribution in [1.29, 1.82) is 0 Å². The predicted molar refractivity (Wildman–Crippen MR) is 89.3 cm³/mol. The van der Waals surface area contributed by atoms with Gasteiger partial charge in [0.15, 0.2) is 6.49 Å². The van der Waals surface area contributed by atoms with Gasteiger partial charge in [0.05, 0.1) is 0 Å². The van der Waals surface area contributed by atoms with E-state index in [2.05, 4.69) is 13.8 Å². The van der Waals surface area contributed by atoms with Crippen LogP contribution in [0, 0.1) is 0 Å². The Morgan fingerprint density at radius 2 is 1.11 bits per heavy atom. The molecule has 4 heteroatoms. The van der Waals surface area contributed by atoms with Gasteiger partial charge >= 0.3 is 0 Å². The Morgan fingerprint density at radius 3 is 1.42 bits per heavy atom. The largest absolute Gasteiger partial charge is 0.345 e. The zero-order valence-electron chi connectivity index (χ0n) is 12.8. The third-order valence-electron chi connectivity index (χ3n) is 3.76. The molecule has 0 rings (SSSR count). The monoisotopic (exact) mass is 308 g/mol. The first-order chi connectivity index (χ1) is 9.02. The summed E-state index contributed by atoms with van der Waals surface area (Å²) in [4.78, 5) is 19.5. The minimum Gasteiger partial charge on any atom is -0.345 e. The Labute approximate surface area is 125 Å². The molecule has 2 N–H and O–H groups in total. The highest BCUT2D eigenvalue weighted by molar-refractivity contribution is 8.09. The number of hydrogen-bond donors (Lipinski definition) is 2. The van der Waals surface area contributed by atoms with Crippen LogP contribution < -0.4 is 0 Å². The zero-order chi connectivity index (χ0) is 14.6. The number of unbranched alkanes of at least 4 members (excludes halogenated alkanes) is 8. The molecular weight excluding hydrogens is 275 g/mol. The fraction of sp³-hybridized carbons (Fsp3) is 1.00. The normalized spacial score (nSPS) is 12.3. The van der Waals surface area contributed by atoms with E-state index in [1.807, 2.05) is 0 Å². The second-order valence-electron chi connectivity index (χ2n) is 5.65. The molecule has 0 radical (unpaired) electrons. The Balaban J connectivity index is 3.81. The van der Waals surface area contributed by atoms with Crippen LogP contribution in [0.5, 0.6) is 0 Å². The van der Waals surface area contributed by atoms with E-state index in [1.54, 1.807) is 0 Å². The molecule has 0 aliphatic carbocycles. The predicted octanol–water partition coefficient (Wildman–Crippen LogP) is 5.37. The summed E-state index contributed by atoms with van der Waals surface area (Å²) in [6.45, 7) is 1.36. The SMILES string of the molecule is CCCCCCCC(CCCCCCC)P(O)(O)=S. The molecular formula is C15H33O2PS. The van der Waals surface area contributed by atoms with Gasteiger partial charge in [-0.3, -0.25) is 0 Å². The van der Waals surface area contributed by atoms with Crippen LogP contribution in [0.4, 0.5) is 0 Å². The second-order valence-corrected chi connectivity index (χ2v) is 9.17. The van der Waals surface area contributed by atoms with Gasteiger partial charge in [0.1, 0.15) is 0 Å². The van der Waals surface area contributed by atoms with Gasteiger partial charge in [0.25, 0.3) is 0 Å². The minimum atomic E-state index is -3.05. The topological polar surface area (TPSA) is 40.5 Å². The van der Waals surface area contributed by atoms with E-state index in [4.69, 9.17) is 11.8 Å². The van der Waals surface area contributed by atoms with Gasteiger partial charge in [-0.25, -0.2) is 0 Å². The van der Waals surface area contributed by atoms with Crippen LogP contribution in [0.2, 0.25) is 0 Å². The molecule has 116 valence electrons. The number of hydrogen-bond acceptors (Lipinski definition) is 1. The molecule has 0 fully saturated rings. The molecule has 0 heterocycles. The van der Waals surface area contributed by atoms with Crippen molar-refractivity contribution < 1.29 is 9.79 Å². The summed E-state index contributed by atoms with van der Waals surface area (Å²) < 4.78 is 0. The van der Waals surface area contributed by atoms with Crippen LogP contribution in [0.15, 0.2) is 0 Å². The third kappa shape index (κ3) is 12.1. The molecule has 0 aromatic heterocycles. The lowest BCUT2D eigenvalue weighted by atomic mass is 10.0. The van der Waals surface area contributed by atoms with Crippen LogP contribution in [0.1, 0.15) is 90.9 Å². The molecule has 19 heavy (non-hydrogen) atoms. The van der Waals surface area contributed by atoms with E-state index >= 15 is 0 Å². The van der Waals surface area contributed by atoms with Gasteiger partial charge in [0.2, 0.25) is 0 Å². The maximum absolute atomic E-state index is 9.76. The molecule has 0 aliphatic heterocycles. The molecule has 0 unspecified atom stereocenters. The lowest BCUT2D eigenvalue weighted by molar-refractivity contribution is 0.435. The van der Waals surface area contributed by atoms with Gasteiger partial charge in [-0.05, 0) is 24.6 Å². The van der Waals surface area contributed by atoms with Crippen molar-refractivity contribution in [2.45, 2.75) is 96.6 Å². The third-order valence-corrected chi connectivity index (χ3v) is 6.12. The van der Waals surface area contributed by atoms with E-state index in [1.165, 1.54) is 51.4 Å². The smallest absolute Gasteiger partial charge is 0.186 e. The lowest BCUT2D eigenvalue weighted by Crippen LogP contribution is -2.08. The standard InChI is InChI=1S/C15H33O2PS/c1-3-5-7-9-11-13-15(18(16,17)19)14-12-10-8-6-4-2/h15H,3-14H2,1-2H3,(H2,16,17,19). The Bertz CT molecular complexity index is 226. The first-order valence-electron chi connectivity index (χ1n) is 8.07. The molecule has 2 nitrogen and oxygen atoms in total.